The number of nitrogens with zero attached hydrogens (tertiary/aromatic N) is 1. The Balaban J connectivity index is 3.86. The lowest BCUT2D eigenvalue weighted by Crippen LogP contribution is -2.45. The van der Waals surface area contributed by atoms with Crippen LogP contribution in [-0.4, -0.2) is 38.8 Å². The van der Waals surface area contributed by atoms with E-state index in [9.17, 15) is 0 Å². The fourth-order valence-electron chi connectivity index (χ4n) is 1.41. The Morgan fingerprint density at radius 2 is 1.72 bits per heavy atom. The van der Waals surface area contributed by atoms with Crippen molar-refractivity contribution in [2.45, 2.75) is 53.1 Å². The molecule has 0 bridgehead atoms. The first-order valence-corrected chi connectivity index (χ1v) is 6.70. The summed E-state index contributed by atoms with van der Waals surface area (Å²) in [4.78, 5) is 4.20. The summed E-state index contributed by atoms with van der Waals surface area (Å²) < 4.78 is 5.36. The van der Waals surface area contributed by atoms with E-state index in [1.807, 2.05) is 13.8 Å². The van der Waals surface area contributed by atoms with Gasteiger partial charge in [-0.1, -0.05) is 20.8 Å². The minimum absolute atomic E-state index is 0.178. The van der Waals surface area contributed by atoms with E-state index >= 15 is 0 Å². The average Bonchev–Trinajstić information content (AvgIpc) is 2.27. The van der Waals surface area contributed by atoms with E-state index in [4.69, 9.17) is 4.74 Å². The SMILES string of the molecule is CN=C(NCCCC(C)(C)C)NCC(C)(C)OC. The molecule has 0 aromatic heterocycles. The number of hydrogen-bond donors (Lipinski definition) is 2. The van der Waals surface area contributed by atoms with Crippen molar-refractivity contribution in [2.24, 2.45) is 10.4 Å². The van der Waals surface area contributed by atoms with Crippen LogP contribution in [0.3, 0.4) is 0 Å². The number of aliphatic imine (C=N–C) groups is 1. The van der Waals surface area contributed by atoms with Crippen LogP contribution in [0.15, 0.2) is 4.99 Å². The zero-order valence-electron chi connectivity index (χ0n) is 13.2. The Kier molecular flexibility index (Phi) is 7.29. The fourth-order valence-corrected chi connectivity index (χ4v) is 1.41. The van der Waals surface area contributed by atoms with Gasteiger partial charge in [-0.25, -0.2) is 0 Å². The smallest absolute Gasteiger partial charge is 0.191 e. The zero-order valence-corrected chi connectivity index (χ0v) is 13.2. The second-order valence-electron chi connectivity index (χ2n) is 6.48. The summed E-state index contributed by atoms with van der Waals surface area (Å²) in [5.41, 5.74) is 0.222. The van der Waals surface area contributed by atoms with E-state index in [0.29, 0.717) is 5.41 Å². The van der Waals surface area contributed by atoms with Crippen LogP contribution in [0, 0.1) is 5.41 Å². The van der Waals surface area contributed by atoms with Gasteiger partial charge in [0.2, 0.25) is 0 Å². The largest absolute Gasteiger partial charge is 0.377 e. The molecule has 0 aliphatic rings. The summed E-state index contributed by atoms with van der Waals surface area (Å²) >= 11 is 0. The van der Waals surface area contributed by atoms with Crippen LogP contribution in [-0.2, 0) is 4.74 Å². The molecule has 0 aliphatic carbocycles. The predicted octanol–water partition coefficient (Wildman–Crippen LogP) is 2.40. The molecule has 18 heavy (non-hydrogen) atoms. The second kappa shape index (κ2) is 7.62. The maximum Gasteiger partial charge on any atom is 0.191 e. The Morgan fingerprint density at radius 1 is 1.11 bits per heavy atom. The van der Waals surface area contributed by atoms with E-state index in [1.54, 1.807) is 14.2 Å². The highest BCUT2D eigenvalue weighted by atomic mass is 16.5. The summed E-state index contributed by atoms with van der Waals surface area (Å²) in [7, 11) is 3.51. The van der Waals surface area contributed by atoms with Crippen molar-refractivity contribution in [2.75, 3.05) is 27.2 Å². The van der Waals surface area contributed by atoms with Gasteiger partial charge in [0.05, 0.1) is 5.60 Å². The van der Waals surface area contributed by atoms with Gasteiger partial charge in [0.15, 0.2) is 5.96 Å². The van der Waals surface area contributed by atoms with Crippen molar-refractivity contribution in [1.29, 1.82) is 0 Å². The van der Waals surface area contributed by atoms with Gasteiger partial charge >= 0.3 is 0 Å². The summed E-state index contributed by atoms with van der Waals surface area (Å²) in [6.07, 6.45) is 2.36. The standard InChI is InChI=1S/C14H31N3O/c1-13(2,3)9-8-10-16-12(15-6)17-11-14(4,5)18-7/h8-11H2,1-7H3,(H2,15,16,17). The molecule has 0 saturated carbocycles. The van der Waals surface area contributed by atoms with Crippen molar-refractivity contribution >= 4 is 5.96 Å². The van der Waals surface area contributed by atoms with Gasteiger partial charge in [-0.05, 0) is 32.1 Å². The van der Waals surface area contributed by atoms with Gasteiger partial charge < -0.3 is 15.4 Å². The topological polar surface area (TPSA) is 45.7 Å². The normalized spacial score (nSPS) is 13.6. The molecule has 0 spiro atoms. The van der Waals surface area contributed by atoms with Crippen LogP contribution in [0.25, 0.3) is 0 Å². The van der Waals surface area contributed by atoms with Crippen molar-refractivity contribution < 1.29 is 4.74 Å². The number of ether oxygens (including phenoxy) is 1. The summed E-state index contributed by atoms with van der Waals surface area (Å²) in [5.74, 6) is 0.842. The number of rotatable bonds is 6. The number of hydrogen-bond acceptors (Lipinski definition) is 2. The summed E-state index contributed by atoms with van der Waals surface area (Å²) in [6, 6.07) is 0. The molecular formula is C14H31N3O. The van der Waals surface area contributed by atoms with Gasteiger partial charge in [-0.2, -0.15) is 0 Å². The van der Waals surface area contributed by atoms with Gasteiger partial charge in [0, 0.05) is 27.2 Å². The number of nitrogens with one attached hydrogen (secondary N) is 2. The molecule has 0 saturated heterocycles. The maximum atomic E-state index is 5.36. The molecule has 0 aromatic rings. The van der Waals surface area contributed by atoms with Crippen molar-refractivity contribution in [3.05, 3.63) is 0 Å². The van der Waals surface area contributed by atoms with Crippen molar-refractivity contribution in [1.82, 2.24) is 10.6 Å². The van der Waals surface area contributed by atoms with Gasteiger partial charge in [0.25, 0.3) is 0 Å². The van der Waals surface area contributed by atoms with Crippen LogP contribution >= 0.6 is 0 Å². The lowest BCUT2D eigenvalue weighted by molar-refractivity contribution is 0.0268. The third kappa shape index (κ3) is 9.28. The molecule has 0 rings (SSSR count). The molecule has 0 unspecified atom stereocenters. The Labute approximate surface area is 113 Å². The molecule has 2 N–H and O–H groups in total. The molecule has 0 atom stereocenters. The van der Waals surface area contributed by atoms with E-state index in [2.05, 4.69) is 36.4 Å². The third-order valence-corrected chi connectivity index (χ3v) is 2.85. The van der Waals surface area contributed by atoms with Crippen molar-refractivity contribution in [3.8, 4) is 0 Å². The van der Waals surface area contributed by atoms with E-state index in [-0.39, 0.29) is 5.60 Å². The number of methoxy groups -OCH3 is 1. The van der Waals surface area contributed by atoms with Crippen LogP contribution in [0.5, 0.6) is 0 Å². The average molecular weight is 257 g/mol. The third-order valence-electron chi connectivity index (χ3n) is 2.85. The second-order valence-corrected chi connectivity index (χ2v) is 6.48. The first-order valence-electron chi connectivity index (χ1n) is 6.70. The van der Waals surface area contributed by atoms with Gasteiger partial charge in [0.1, 0.15) is 0 Å². The Hall–Kier alpha value is -0.770. The molecule has 0 aliphatic heterocycles. The highest BCUT2D eigenvalue weighted by Gasteiger charge is 2.16. The fraction of sp³-hybridized carbons (Fsp3) is 0.929. The summed E-state index contributed by atoms with van der Waals surface area (Å²) in [6.45, 7) is 12.6. The summed E-state index contributed by atoms with van der Waals surface area (Å²) in [5, 5.41) is 6.59. The molecule has 4 heteroatoms. The molecule has 0 aromatic carbocycles. The molecule has 0 radical (unpaired) electrons. The molecule has 108 valence electrons. The highest BCUT2D eigenvalue weighted by molar-refractivity contribution is 5.79. The van der Waals surface area contributed by atoms with Crippen LogP contribution < -0.4 is 10.6 Å². The molecule has 4 nitrogen and oxygen atoms in total. The lowest BCUT2D eigenvalue weighted by Gasteiger charge is -2.24. The number of guanidine groups is 1. The van der Waals surface area contributed by atoms with E-state index in [1.165, 1.54) is 6.42 Å². The first kappa shape index (κ1) is 17.2. The Bertz CT molecular complexity index is 254. The highest BCUT2D eigenvalue weighted by Crippen LogP contribution is 2.19. The van der Waals surface area contributed by atoms with Gasteiger partial charge in [-0.15, -0.1) is 0 Å². The van der Waals surface area contributed by atoms with Gasteiger partial charge in [-0.3, -0.25) is 4.99 Å². The molecular weight excluding hydrogens is 226 g/mol. The molecule has 0 fully saturated rings. The monoisotopic (exact) mass is 257 g/mol. The molecule has 0 heterocycles. The van der Waals surface area contributed by atoms with Crippen molar-refractivity contribution in [3.63, 3.8) is 0 Å². The lowest BCUT2D eigenvalue weighted by atomic mass is 9.91. The zero-order chi connectivity index (χ0) is 14.2. The predicted molar refractivity (Wildman–Crippen MR) is 79.1 cm³/mol. The maximum absolute atomic E-state index is 5.36. The van der Waals surface area contributed by atoms with E-state index in [0.717, 1.165) is 25.5 Å². The minimum Gasteiger partial charge on any atom is -0.377 e. The van der Waals surface area contributed by atoms with Crippen LogP contribution in [0.2, 0.25) is 0 Å². The van der Waals surface area contributed by atoms with Crippen LogP contribution in [0.1, 0.15) is 47.5 Å². The quantitative estimate of drug-likeness (QED) is 0.436. The van der Waals surface area contributed by atoms with Crippen LogP contribution in [0.4, 0.5) is 0 Å². The molecule has 0 amide bonds. The first-order chi connectivity index (χ1) is 8.20. The van der Waals surface area contributed by atoms with E-state index < -0.39 is 0 Å². The Morgan fingerprint density at radius 3 is 2.17 bits per heavy atom. The minimum atomic E-state index is -0.178.